The number of nitrogens with zero attached hydrogens (tertiary/aromatic N) is 2. The molecule has 0 bridgehead atoms. The summed E-state index contributed by atoms with van der Waals surface area (Å²) in [7, 11) is 1.47. The Kier molecular flexibility index (Phi) is 7.32. The number of rotatable bonds is 8. The lowest BCUT2D eigenvalue weighted by molar-refractivity contribution is -0.141. The molecular weight excluding hydrogens is 399 g/mol. The Morgan fingerprint density at radius 1 is 1.31 bits per heavy atom. The molecule has 2 unspecified atom stereocenters. The number of carbonyl (C=O) groups is 1. The quantitative estimate of drug-likeness (QED) is 0.492. The number of carboxylic acid groups (broad SMARTS) is 1. The summed E-state index contributed by atoms with van der Waals surface area (Å²) in [6.07, 6.45) is 2.66. The predicted octanol–water partition coefficient (Wildman–Crippen LogP) is -0.0812. The van der Waals surface area contributed by atoms with E-state index in [1.165, 1.54) is 24.7 Å². The van der Waals surface area contributed by atoms with E-state index in [2.05, 4.69) is 19.6 Å². The topological polar surface area (TPSA) is 131 Å². The molecule has 0 aliphatic carbocycles. The van der Waals surface area contributed by atoms with Crippen molar-refractivity contribution < 1.29 is 24.9 Å². The van der Waals surface area contributed by atoms with Gasteiger partial charge in [0, 0.05) is 19.8 Å². The Bertz CT molecular complexity index is 916. The highest BCUT2D eigenvalue weighted by Gasteiger charge is 2.44. The Morgan fingerprint density at radius 2 is 1.93 bits per heavy atom. The number of aliphatic hydroxyl groups excluding tert-OH is 2. The highest BCUT2D eigenvalue weighted by Crippen LogP contribution is 2.40. The van der Waals surface area contributed by atoms with Gasteiger partial charge in [0.25, 0.3) is 5.56 Å². The van der Waals surface area contributed by atoms with Gasteiger partial charge in [0.05, 0.1) is 17.6 Å². The summed E-state index contributed by atoms with van der Waals surface area (Å²) >= 11 is 0. The molecule has 29 heavy (non-hydrogen) atoms. The van der Waals surface area contributed by atoms with Crippen LogP contribution in [0.1, 0.15) is 31.4 Å². The average molecular weight is 430 g/mol. The first-order valence-corrected chi connectivity index (χ1v) is 12.6. The summed E-state index contributed by atoms with van der Waals surface area (Å²) in [5, 5.41) is 29.9. The van der Waals surface area contributed by atoms with Crippen LogP contribution >= 0.6 is 6.89 Å². The molecule has 0 aromatic carbocycles. The summed E-state index contributed by atoms with van der Waals surface area (Å²) in [4.78, 5) is 36.3. The molecule has 10 heteroatoms. The molecule has 0 saturated carbocycles. The molecule has 1 aliphatic heterocycles. The second kappa shape index (κ2) is 9.00. The first kappa shape index (κ1) is 23.6. The van der Waals surface area contributed by atoms with Crippen molar-refractivity contribution in [2.45, 2.75) is 50.7 Å². The maximum absolute atomic E-state index is 12.9. The number of carboxylic acids is 1. The maximum atomic E-state index is 12.9. The van der Waals surface area contributed by atoms with E-state index >= 15 is 0 Å². The van der Waals surface area contributed by atoms with Crippen LogP contribution in [0.25, 0.3) is 0 Å². The second-order valence-electron chi connectivity index (χ2n) is 8.49. The third-order valence-corrected chi connectivity index (χ3v) is 6.72. The molecular formula is C19H31N2O7P. The Hall–Kier alpha value is -1.67. The van der Waals surface area contributed by atoms with Gasteiger partial charge in [-0.05, 0) is 32.3 Å². The third-order valence-electron chi connectivity index (χ3n) is 5.25. The van der Waals surface area contributed by atoms with Crippen molar-refractivity contribution in [2.24, 2.45) is 13.0 Å². The Morgan fingerprint density at radius 3 is 2.48 bits per heavy atom. The Balaban J connectivity index is 2.32. The number of aryl methyl sites for hydroxylation is 1. The summed E-state index contributed by atoms with van der Waals surface area (Å²) in [5.41, 5.74) is -1.16. The van der Waals surface area contributed by atoms with E-state index in [0.29, 0.717) is 6.42 Å². The molecule has 9 nitrogen and oxygen atoms in total. The minimum Gasteiger partial charge on any atom is -0.481 e. The van der Waals surface area contributed by atoms with Gasteiger partial charge in [0.2, 0.25) is 0 Å². The van der Waals surface area contributed by atoms with Gasteiger partial charge in [0.15, 0.2) is 0 Å². The molecule has 3 N–H and O–H groups in total. The Labute approximate surface area is 169 Å². The monoisotopic (exact) mass is 430 g/mol. The minimum atomic E-state index is -1.35. The van der Waals surface area contributed by atoms with Crippen LogP contribution in [0, 0.1) is 5.92 Å². The molecule has 0 radical (unpaired) electrons. The zero-order chi connectivity index (χ0) is 22.1. The largest absolute Gasteiger partial charge is 0.481 e. The first-order chi connectivity index (χ1) is 13.3. The van der Waals surface area contributed by atoms with Crippen LogP contribution < -0.4 is 11.2 Å². The standard InChI is InChI=1S/C19H31N2O7P/c1-11(18(25)26)6-8-21-17(24)12(10-20(2)19(21)27)16-15(23)14(22)13(28-16)7-9-29(3,4)5/h10-11,13-16,22-23H,3,6-9H2,1-2,4-5H3,(H,25,26)/t11?,13-,14-,15?,16+/m1/s1. The van der Waals surface area contributed by atoms with E-state index < -0.39 is 54.4 Å². The minimum absolute atomic E-state index is 0.0628. The molecule has 2 rings (SSSR count). The van der Waals surface area contributed by atoms with Crippen LogP contribution in [0.2, 0.25) is 0 Å². The van der Waals surface area contributed by atoms with Gasteiger partial charge in [-0.3, -0.25) is 14.2 Å². The molecule has 0 spiro atoms. The van der Waals surface area contributed by atoms with E-state index in [-0.39, 0.29) is 18.5 Å². The third kappa shape index (κ3) is 5.48. The van der Waals surface area contributed by atoms with Gasteiger partial charge in [-0.15, -0.1) is 13.2 Å². The van der Waals surface area contributed by atoms with Crippen molar-refractivity contribution in [1.82, 2.24) is 9.13 Å². The fraction of sp³-hybridized carbons (Fsp3) is 0.684. The van der Waals surface area contributed by atoms with Crippen LogP contribution in [0.3, 0.4) is 0 Å². The van der Waals surface area contributed by atoms with Crippen molar-refractivity contribution >= 4 is 19.2 Å². The number of hydrogen-bond acceptors (Lipinski definition) is 6. The molecule has 1 aromatic heterocycles. The average Bonchev–Trinajstić information content (AvgIpc) is 2.90. The van der Waals surface area contributed by atoms with Gasteiger partial charge in [-0.1, -0.05) is 6.92 Å². The molecule has 2 heterocycles. The van der Waals surface area contributed by atoms with Crippen LogP contribution in [0.15, 0.2) is 15.8 Å². The summed E-state index contributed by atoms with van der Waals surface area (Å²) in [6.45, 7) is 4.21. The van der Waals surface area contributed by atoms with Crippen LogP contribution in [0.4, 0.5) is 0 Å². The van der Waals surface area contributed by atoms with Crippen molar-refractivity contribution in [3.8, 4) is 0 Å². The van der Waals surface area contributed by atoms with E-state index in [1.54, 1.807) is 0 Å². The highest BCUT2D eigenvalue weighted by molar-refractivity contribution is 7.72. The molecule has 1 fully saturated rings. The fourth-order valence-electron chi connectivity index (χ4n) is 3.31. The lowest BCUT2D eigenvalue weighted by Crippen LogP contribution is -2.42. The second-order valence-corrected chi connectivity index (χ2v) is 12.8. The van der Waals surface area contributed by atoms with E-state index in [0.717, 1.165) is 10.7 Å². The molecule has 1 aromatic rings. The zero-order valence-corrected chi connectivity index (χ0v) is 18.2. The SMILES string of the molecule is C=P(C)(C)CC[C@H]1O[C@@H](c2cn(C)c(=O)n(CCC(C)C(=O)O)c2=O)C(O)[C@@H]1O. The number of aliphatic hydroxyl groups is 2. The first-order valence-electron chi connectivity index (χ1n) is 9.55. The molecule has 1 aliphatic rings. The lowest BCUT2D eigenvalue weighted by atomic mass is 10.0. The van der Waals surface area contributed by atoms with Gasteiger partial charge < -0.3 is 24.6 Å². The molecule has 5 atom stereocenters. The summed E-state index contributed by atoms with van der Waals surface area (Å²) in [5.74, 6) is -1.73. The predicted molar refractivity (Wildman–Crippen MR) is 112 cm³/mol. The van der Waals surface area contributed by atoms with Gasteiger partial charge in [-0.2, -0.15) is 0 Å². The van der Waals surface area contributed by atoms with Gasteiger partial charge in [-0.25, -0.2) is 4.79 Å². The number of ether oxygens (including phenoxy) is 1. The number of aromatic nitrogens is 2. The normalized spacial score (nSPS) is 25.9. The van der Waals surface area contributed by atoms with Gasteiger partial charge >= 0.3 is 11.7 Å². The number of aliphatic carboxylic acids is 1. The molecule has 0 amide bonds. The van der Waals surface area contributed by atoms with Crippen molar-refractivity contribution in [3.05, 3.63) is 32.6 Å². The van der Waals surface area contributed by atoms with Crippen molar-refractivity contribution in [1.29, 1.82) is 0 Å². The van der Waals surface area contributed by atoms with Crippen LogP contribution in [0.5, 0.6) is 0 Å². The smallest absolute Gasteiger partial charge is 0.330 e. The van der Waals surface area contributed by atoms with Crippen LogP contribution in [-0.4, -0.2) is 74.5 Å². The highest BCUT2D eigenvalue weighted by atomic mass is 31.2. The van der Waals surface area contributed by atoms with E-state index in [1.807, 2.05) is 0 Å². The summed E-state index contributed by atoms with van der Waals surface area (Å²) < 4.78 is 7.98. The van der Waals surface area contributed by atoms with Crippen molar-refractivity contribution in [2.75, 3.05) is 19.5 Å². The van der Waals surface area contributed by atoms with Crippen molar-refractivity contribution in [3.63, 3.8) is 0 Å². The maximum Gasteiger partial charge on any atom is 0.330 e. The fourth-order valence-corrected chi connectivity index (χ4v) is 4.27. The molecule has 164 valence electrons. The molecule has 1 saturated heterocycles. The van der Waals surface area contributed by atoms with E-state index in [9.17, 15) is 24.6 Å². The zero-order valence-electron chi connectivity index (χ0n) is 17.3. The number of hydrogen-bond donors (Lipinski definition) is 3. The van der Waals surface area contributed by atoms with E-state index in [4.69, 9.17) is 9.84 Å². The summed E-state index contributed by atoms with van der Waals surface area (Å²) in [6, 6.07) is 0. The lowest BCUT2D eigenvalue weighted by Gasteiger charge is -2.19. The van der Waals surface area contributed by atoms with Gasteiger partial charge in [0.1, 0.15) is 18.3 Å². The van der Waals surface area contributed by atoms with Crippen LogP contribution in [-0.2, 0) is 23.1 Å².